The van der Waals surface area contributed by atoms with Crippen LogP contribution in [0.25, 0.3) is 0 Å². The highest BCUT2D eigenvalue weighted by atomic mass is 16.2. The van der Waals surface area contributed by atoms with E-state index in [0.717, 1.165) is 5.69 Å². The van der Waals surface area contributed by atoms with Crippen LogP contribution in [0.4, 0.5) is 11.5 Å². The van der Waals surface area contributed by atoms with Crippen molar-refractivity contribution in [2.45, 2.75) is 6.54 Å². The zero-order valence-corrected chi connectivity index (χ0v) is 9.80. The average molecular weight is 247 g/mol. The first-order valence-corrected chi connectivity index (χ1v) is 5.32. The highest BCUT2D eigenvalue weighted by molar-refractivity contribution is 5.60. The fraction of sp³-hybridized carbons (Fsp3) is 0.182. The van der Waals surface area contributed by atoms with Gasteiger partial charge in [-0.1, -0.05) is 6.07 Å². The van der Waals surface area contributed by atoms with Crippen LogP contribution in [-0.2, 0) is 13.6 Å². The van der Waals surface area contributed by atoms with Crippen molar-refractivity contribution >= 4 is 11.5 Å². The number of H-pyrrole nitrogens is 1. The summed E-state index contributed by atoms with van der Waals surface area (Å²) < 4.78 is 1.17. The van der Waals surface area contributed by atoms with Crippen LogP contribution >= 0.6 is 0 Å². The second-order valence-corrected chi connectivity index (χ2v) is 3.75. The minimum absolute atomic E-state index is 0.0969. The first kappa shape index (κ1) is 11.9. The molecule has 7 heteroatoms. The molecule has 2 aromatic rings. The van der Waals surface area contributed by atoms with Crippen molar-refractivity contribution in [3.8, 4) is 0 Å². The fourth-order valence-corrected chi connectivity index (χ4v) is 1.49. The molecule has 0 aromatic carbocycles. The monoisotopic (exact) mass is 247 g/mol. The van der Waals surface area contributed by atoms with Crippen molar-refractivity contribution < 1.29 is 0 Å². The van der Waals surface area contributed by atoms with Gasteiger partial charge in [0, 0.05) is 13.2 Å². The molecule has 2 rings (SSSR count). The molecule has 0 aliphatic rings. The maximum atomic E-state index is 11.6. The molecule has 94 valence electrons. The Morgan fingerprint density at radius 2 is 2.22 bits per heavy atom. The van der Waals surface area contributed by atoms with E-state index in [2.05, 4.69) is 15.3 Å². The highest BCUT2D eigenvalue weighted by Crippen LogP contribution is 2.09. The topological polar surface area (TPSA) is 106 Å². The van der Waals surface area contributed by atoms with E-state index in [1.165, 1.54) is 11.6 Å². The number of nitrogens with two attached hydrogens (primary N) is 1. The first-order chi connectivity index (χ1) is 8.59. The maximum Gasteiger partial charge on any atom is 0.329 e. The molecule has 0 radical (unpaired) electrons. The Bertz CT molecular complexity index is 659. The number of nitrogen functional groups attached to an aromatic ring is 1. The molecule has 18 heavy (non-hydrogen) atoms. The maximum absolute atomic E-state index is 11.6. The third-order valence-corrected chi connectivity index (χ3v) is 2.54. The molecule has 0 unspecified atom stereocenters. The summed E-state index contributed by atoms with van der Waals surface area (Å²) in [5, 5.41) is 2.87. The van der Waals surface area contributed by atoms with Crippen molar-refractivity contribution in [3.05, 3.63) is 50.9 Å². The Kier molecular flexibility index (Phi) is 3.13. The lowest BCUT2D eigenvalue weighted by Gasteiger charge is -2.10. The number of pyridine rings is 1. The molecule has 2 aromatic heterocycles. The molecule has 0 spiro atoms. The van der Waals surface area contributed by atoms with Gasteiger partial charge in [0.25, 0.3) is 5.56 Å². The van der Waals surface area contributed by atoms with Gasteiger partial charge in [-0.05, 0) is 12.1 Å². The van der Waals surface area contributed by atoms with Gasteiger partial charge < -0.3 is 11.1 Å². The second-order valence-electron chi connectivity index (χ2n) is 3.75. The van der Waals surface area contributed by atoms with Crippen LogP contribution in [0.3, 0.4) is 0 Å². The van der Waals surface area contributed by atoms with Gasteiger partial charge >= 0.3 is 5.69 Å². The van der Waals surface area contributed by atoms with E-state index >= 15 is 0 Å². The molecule has 0 bridgehead atoms. The van der Waals surface area contributed by atoms with Crippen LogP contribution in [0.15, 0.2) is 34.0 Å². The molecule has 0 amide bonds. The van der Waals surface area contributed by atoms with E-state index < -0.39 is 11.2 Å². The predicted molar refractivity (Wildman–Crippen MR) is 68.3 cm³/mol. The number of hydrogen-bond donors (Lipinski definition) is 3. The summed E-state index contributed by atoms with van der Waals surface area (Å²) in [6, 6.07) is 5.47. The minimum Gasteiger partial charge on any atom is -0.383 e. The van der Waals surface area contributed by atoms with E-state index in [-0.39, 0.29) is 11.5 Å². The number of aromatic nitrogens is 3. The molecular weight excluding hydrogens is 234 g/mol. The predicted octanol–water partition coefficient (Wildman–Crippen LogP) is -0.337. The third kappa shape index (κ3) is 2.24. The zero-order valence-electron chi connectivity index (χ0n) is 9.80. The number of nitrogens with one attached hydrogen (secondary N) is 2. The Morgan fingerprint density at radius 1 is 1.44 bits per heavy atom. The van der Waals surface area contributed by atoms with Gasteiger partial charge in [-0.25, -0.2) is 4.79 Å². The van der Waals surface area contributed by atoms with Crippen molar-refractivity contribution in [1.29, 1.82) is 0 Å². The molecule has 2 heterocycles. The van der Waals surface area contributed by atoms with Crippen LogP contribution in [0, 0.1) is 0 Å². The van der Waals surface area contributed by atoms with Gasteiger partial charge in [-0.3, -0.25) is 19.3 Å². The van der Waals surface area contributed by atoms with Crippen molar-refractivity contribution in [3.63, 3.8) is 0 Å². The van der Waals surface area contributed by atoms with Gasteiger partial charge in [-0.15, -0.1) is 0 Å². The Hall–Kier alpha value is -2.57. The lowest BCUT2D eigenvalue weighted by Crippen LogP contribution is -2.32. The van der Waals surface area contributed by atoms with Crippen molar-refractivity contribution in [2.24, 2.45) is 7.05 Å². The number of aromatic amines is 1. The van der Waals surface area contributed by atoms with Crippen molar-refractivity contribution in [2.75, 3.05) is 11.1 Å². The SMILES string of the molecule is Cn1c(N)c(NCc2ccccn2)c(=O)[nH]c1=O. The van der Waals surface area contributed by atoms with Gasteiger partial charge in [0.1, 0.15) is 11.5 Å². The average Bonchev–Trinajstić information content (AvgIpc) is 2.37. The second kappa shape index (κ2) is 4.74. The minimum atomic E-state index is -0.541. The normalized spacial score (nSPS) is 10.3. The molecule has 0 saturated heterocycles. The largest absolute Gasteiger partial charge is 0.383 e. The highest BCUT2D eigenvalue weighted by Gasteiger charge is 2.09. The van der Waals surface area contributed by atoms with Crippen LogP contribution in [0.1, 0.15) is 5.69 Å². The Balaban J connectivity index is 2.28. The number of hydrogen-bond acceptors (Lipinski definition) is 5. The van der Waals surface area contributed by atoms with E-state index in [0.29, 0.717) is 6.54 Å². The standard InChI is InChI=1S/C11H13N5O2/c1-16-9(12)8(10(17)15-11(16)18)14-6-7-4-2-3-5-13-7/h2-5,14H,6,12H2,1H3,(H,15,17,18). The van der Waals surface area contributed by atoms with E-state index in [4.69, 9.17) is 5.73 Å². The van der Waals surface area contributed by atoms with E-state index in [1.54, 1.807) is 12.3 Å². The molecular formula is C11H13N5O2. The Morgan fingerprint density at radius 3 is 2.89 bits per heavy atom. The number of nitrogens with zero attached hydrogens (tertiary/aromatic N) is 2. The molecule has 0 atom stereocenters. The van der Waals surface area contributed by atoms with Crippen LogP contribution in [0.5, 0.6) is 0 Å². The first-order valence-electron chi connectivity index (χ1n) is 5.32. The van der Waals surface area contributed by atoms with Crippen LogP contribution < -0.4 is 22.3 Å². The van der Waals surface area contributed by atoms with Crippen LogP contribution in [-0.4, -0.2) is 14.5 Å². The summed E-state index contributed by atoms with van der Waals surface area (Å²) in [4.78, 5) is 29.2. The third-order valence-electron chi connectivity index (χ3n) is 2.54. The summed E-state index contributed by atoms with van der Waals surface area (Å²) in [7, 11) is 1.49. The molecule has 0 fully saturated rings. The summed E-state index contributed by atoms with van der Waals surface area (Å²) in [5.41, 5.74) is 5.57. The van der Waals surface area contributed by atoms with Gasteiger partial charge in [0.05, 0.1) is 12.2 Å². The van der Waals surface area contributed by atoms with E-state index in [1.807, 2.05) is 12.1 Å². The van der Waals surface area contributed by atoms with Crippen molar-refractivity contribution in [1.82, 2.24) is 14.5 Å². The number of rotatable bonds is 3. The summed E-state index contributed by atoms with van der Waals surface area (Å²) in [6.45, 7) is 0.353. The summed E-state index contributed by atoms with van der Waals surface area (Å²) >= 11 is 0. The quantitative estimate of drug-likeness (QED) is 0.688. The number of anilines is 2. The lowest BCUT2D eigenvalue weighted by atomic mass is 10.3. The molecule has 0 aliphatic heterocycles. The molecule has 4 N–H and O–H groups in total. The van der Waals surface area contributed by atoms with Gasteiger partial charge in [0.15, 0.2) is 0 Å². The summed E-state index contributed by atoms with van der Waals surface area (Å²) in [5.74, 6) is 0.0969. The smallest absolute Gasteiger partial charge is 0.329 e. The zero-order chi connectivity index (χ0) is 13.1. The molecule has 0 aliphatic carbocycles. The molecule has 0 saturated carbocycles. The van der Waals surface area contributed by atoms with E-state index in [9.17, 15) is 9.59 Å². The fourth-order valence-electron chi connectivity index (χ4n) is 1.49. The van der Waals surface area contributed by atoms with Gasteiger partial charge in [0.2, 0.25) is 0 Å². The lowest BCUT2D eigenvalue weighted by molar-refractivity contribution is 0.812. The summed E-state index contributed by atoms with van der Waals surface area (Å²) in [6.07, 6.45) is 1.66. The molecule has 7 nitrogen and oxygen atoms in total. The van der Waals surface area contributed by atoms with Gasteiger partial charge in [-0.2, -0.15) is 0 Å². The van der Waals surface area contributed by atoms with Crippen LogP contribution in [0.2, 0.25) is 0 Å². The Labute approximate surface area is 102 Å².